The van der Waals surface area contributed by atoms with Crippen molar-refractivity contribution in [1.29, 1.82) is 0 Å². The smallest absolute Gasteiger partial charge is 0.265 e. The predicted octanol–water partition coefficient (Wildman–Crippen LogP) is 4.55. The van der Waals surface area contributed by atoms with Crippen molar-refractivity contribution in [2.45, 2.75) is 26.9 Å². The van der Waals surface area contributed by atoms with Crippen molar-refractivity contribution in [3.8, 4) is 17.0 Å². The molecule has 7 nitrogen and oxygen atoms in total. The number of carbonyl (C=O) groups is 2. The zero-order chi connectivity index (χ0) is 22.8. The lowest BCUT2D eigenvalue weighted by molar-refractivity contribution is -0.122. The summed E-state index contributed by atoms with van der Waals surface area (Å²) < 4.78 is 7.64. The second-order valence-corrected chi connectivity index (χ2v) is 7.67. The Balaban J connectivity index is 1.62. The molecule has 0 bridgehead atoms. The van der Waals surface area contributed by atoms with Crippen molar-refractivity contribution in [3.63, 3.8) is 0 Å². The summed E-state index contributed by atoms with van der Waals surface area (Å²) in [5.41, 5.74) is 4.57. The number of ether oxygens (including phenoxy) is 1. The SMILES string of the molecule is CC(=O)c1cccc(NC(=O)[C@@H](C)Oc2cc(-c3ccccc3)c3c(C)nn(C)c3n2)c1. The molecule has 162 valence electrons. The standard InChI is InChI=1S/C25H24N4O3/c1-15-23-21(18-9-6-5-7-10-18)14-22(27-24(23)29(4)28-15)32-17(3)25(31)26-20-12-8-11-19(13-20)16(2)30/h5-14,17H,1-4H3,(H,26,31)/t17-/m1/s1. The first-order valence-corrected chi connectivity index (χ1v) is 10.3. The van der Waals surface area contributed by atoms with Crippen molar-refractivity contribution < 1.29 is 14.3 Å². The summed E-state index contributed by atoms with van der Waals surface area (Å²) in [4.78, 5) is 28.9. The fourth-order valence-corrected chi connectivity index (χ4v) is 3.62. The molecule has 7 heteroatoms. The number of rotatable bonds is 6. The molecular formula is C25H24N4O3. The third kappa shape index (κ3) is 4.23. The van der Waals surface area contributed by atoms with Gasteiger partial charge in [-0.25, -0.2) is 0 Å². The molecule has 0 radical (unpaired) electrons. The highest BCUT2D eigenvalue weighted by Crippen LogP contribution is 2.33. The first-order chi connectivity index (χ1) is 15.3. The van der Waals surface area contributed by atoms with Crippen LogP contribution in [0.4, 0.5) is 5.69 Å². The number of pyridine rings is 1. The second kappa shape index (κ2) is 8.63. The summed E-state index contributed by atoms with van der Waals surface area (Å²) in [6.07, 6.45) is -0.807. The highest BCUT2D eigenvalue weighted by molar-refractivity contribution is 5.98. The van der Waals surface area contributed by atoms with E-state index in [1.54, 1.807) is 35.9 Å². The molecule has 0 aliphatic heterocycles. The number of hydrogen-bond donors (Lipinski definition) is 1. The Labute approximate surface area is 186 Å². The highest BCUT2D eigenvalue weighted by atomic mass is 16.5. The maximum Gasteiger partial charge on any atom is 0.265 e. The van der Waals surface area contributed by atoms with Crippen molar-refractivity contribution in [3.05, 3.63) is 71.9 Å². The average Bonchev–Trinajstić information content (AvgIpc) is 3.07. The van der Waals surface area contributed by atoms with Crippen LogP contribution in [-0.2, 0) is 11.8 Å². The van der Waals surface area contributed by atoms with Crippen LogP contribution in [0, 0.1) is 6.92 Å². The van der Waals surface area contributed by atoms with Crippen LogP contribution in [0.2, 0.25) is 0 Å². The normalized spacial score (nSPS) is 11.9. The molecule has 1 atom stereocenters. The molecule has 0 aliphatic carbocycles. The molecule has 32 heavy (non-hydrogen) atoms. The molecule has 2 aromatic carbocycles. The highest BCUT2D eigenvalue weighted by Gasteiger charge is 2.20. The van der Waals surface area contributed by atoms with Gasteiger partial charge in [0.2, 0.25) is 5.88 Å². The van der Waals surface area contributed by atoms with Crippen LogP contribution in [0.5, 0.6) is 5.88 Å². The minimum absolute atomic E-state index is 0.0668. The number of benzene rings is 2. The van der Waals surface area contributed by atoms with E-state index in [1.807, 2.05) is 50.4 Å². The van der Waals surface area contributed by atoms with Crippen LogP contribution in [0.15, 0.2) is 60.7 Å². The van der Waals surface area contributed by atoms with Crippen molar-refractivity contribution in [2.75, 3.05) is 5.32 Å². The summed E-state index contributed by atoms with van der Waals surface area (Å²) >= 11 is 0. The Morgan fingerprint density at radius 3 is 2.53 bits per heavy atom. The van der Waals surface area contributed by atoms with Gasteiger partial charge in [0.05, 0.1) is 11.1 Å². The second-order valence-electron chi connectivity index (χ2n) is 7.67. The monoisotopic (exact) mass is 428 g/mol. The molecule has 0 spiro atoms. The van der Waals surface area contributed by atoms with E-state index in [9.17, 15) is 9.59 Å². The van der Waals surface area contributed by atoms with Crippen LogP contribution < -0.4 is 10.1 Å². The maximum absolute atomic E-state index is 12.7. The van der Waals surface area contributed by atoms with Gasteiger partial charge in [-0.15, -0.1) is 0 Å². The molecule has 0 fully saturated rings. The number of aromatic nitrogens is 3. The largest absolute Gasteiger partial charge is 0.464 e. The van der Waals surface area contributed by atoms with Gasteiger partial charge in [0.1, 0.15) is 0 Å². The van der Waals surface area contributed by atoms with Crippen LogP contribution in [0.3, 0.4) is 0 Å². The average molecular weight is 428 g/mol. The molecule has 0 saturated heterocycles. The lowest BCUT2D eigenvalue weighted by Gasteiger charge is -2.16. The molecule has 0 saturated carbocycles. The van der Waals surface area contributed by atoms with Gasteiger partial charge in [-0.05, 0) is 44.0 Å². The van der Waals surface area contributed by atoms with E-state index in [0.29, 0.717) is 22.8 Å². The van der Waals surface area contributed by atoms with E-state index in [4.69, 9.17) is 4.74 Å². The number of amides is 1. The molecule has 2 heterocycles. The summed E-state index contributed by atoms with van der Waals surface area (Å²) in [6.45, 7) is 5.09. The Hall–Kier alpha value is -4.00. The topological polar surface area (TPSA) is 86.1 Å². The molecule has 1 N–H and O–H groups in total. The first-order valence-electron chi connectivity index (χ1n) is 10.3. The number of nitrogens with zero attached hydrogens (tertiary/aromatic N) is 3. The molecule has 4 rings (SSSR count). The van der Waals surface area contributed by atoms with Gasteiger partial charge in [-0.2, -0.15) is 10.1 Å². The number of aryl methyl sites for hydroxylation is 2. The summed E-state index contributed by atoms with van der Waals surface area (Å²) in [6, 6.07) is 18.6. The van der Waals surface area contributed by atoms with E-state index < -0.39 is 6.10 Å². The van der Waals surface area contributed by atoms with Gasteiger partial charge in [-0.1, -0.05) is 42.5 Å². The molecule has 0 unspecified atom stereocenters. The molecule has 0 aliphatic rings. The summed E-state index contributed by atoms with van der Waals surface area (Å²) in [7, 11) is 1.83. The van der Waals surface area contributed by atoms with Crippen LogP contribution >= 0.6 is 0 Å². The van der Waals surface area contributed by atoms with Gasteiger partial charge in [0, 0.05) is 24.4 Å². The van der Waals surface area contributed by atoms with Gasteiger partial charge < -0.3 is 10.1 Å². The van der Waals surface area contributed by atoms with Crippen LogP contribution in [0.25, 0.3) is 22.2 Å². The minimum Gasteiger partial charge on any atom is -0.464 e. The first kappa shape index (κ1) is 21.2. The Kier molecular flexibility index (Phi) is 5.73. The Morgan fingerprint density at radius 2 is 1.81 bits per heavy atom. The third-order valence-corrected chi connectivity index (χ3v) is 5.23. The van der Waals surface area contributed by atoms with Gasteiger partial charge in [-0.3, -0.25) is 14.3 Å². The molecule has 1 amide bonds. The summed E-state index contributed by atoms with van der Waals surface area (Å²) in [5, 5.41) is 8.24. The van der Waals surface area contributed by atoms with Crippen molar-refractivity contribution in [2.24, 2.45) is 7.05 Å². The zero-order valence-electron chi connectivity index (χ0n) is 18.4. The summed E-state index contributed by atoms with van der Waals surface area (Å²) in [5.74, 6) is -0.0719. The Bertz CT molecular complexity index is 1310. The number of anilines is 1. The number of carbonyl (C=O) groups excluding carboxylic acids is 2. The predicted molar refractivity (Wildman–Crippen MR) is 124 cm³/mol. The minimum atomic E-state index is -0.807. The number of nitrogens with one attached hydrogen (secondary N) is 1. The maximum atomic E-state index is 12.7. The van der Waals surface area contributed by atoms with Crippen LogP contribution in [-0.4, -0.2) is 32.6 Å². The van der Waals surface area contributed by atoms with Gasteiger partial charge in [0.25, 0.3) is 5.91 Å². The number of hydrogen-bond acceptors (Lipinski definition) is 5. The number of fused-ring (bicyclic) bond motifs is 1. The van der Waals surface area contributed by atoms with E-state index in [1.165, 1.54) is 6.92 Å². The Morgan fingerprint density at radius 1 is 1.06 bits per heavy atom. The lowest BCUT2D eigenvalue weighted by Crippen LogP contribution is -2.30. The number of ketones is 1. The number of Topliss-reactive ketones (excluding diaryl/α,β-unsaturated/α-hetero) is 1. The molecule has 2 aromatic heterocycles. The van der Waals surface area contributed by atoms with Crippen molar-refractivity contribution in [1.82, 2.24) is 14.8 Å². The van der Waals surface area contributed by atoms with Gasteiger partial charge >= 0.3 is 0 Å². The van der Waals surface area contributed by atoms with Crippen molar-refractivity contribution >= 4 is 28.4 Å². The van der Waals surface area contributed by atoms with E-state index in [0.717, 1.165) is 22.2 Å². The van der Waals surface area contributed by atoms with Crippen LogP contribution in [0.1, 0.15) is 29.9 Å². The third-order valence-electron chi connectivity index (χ3n) is 5.23. The molecule has 4 aromatic rings. The quantitative estimate of drug-likeness (QED) is 0.455. The lowest BCUT2D eigenvalue weighted by atomic mass is 10.0. The fraction of sp³-hybridized carbons (Fsp3) is 0.200. The van der Waals surface area contributed by atoms with E-state index >= 15 is 0 Å². The molecular weight excluding hydrogens is 404 g/mol. The van der Waals surface area contributed by atoms with Gasteiger partial charge in [0.15, 0.2) is 17.5 Å². The van der Waals surface area contributed by atoms with E-state index in [2.05, 4.69) is 15.4 Å². The zero-order valence-corrected chi connectivity index (χ0v) is 18.4. The fourth-order valence-electron chi connectivity index (χ4n) is 3.62. The van der Waals surface area contributed by atoms with E-state index in [-0.39, 0.29) is 11.7 Å².